The van der Waals surface area contributed by atoms with Crippen LogP contribution in [0, 0.1) is 6.92 Å². The first kappa shape index (κ1) is 25.5. The highest BCUT2D eigenvalue weighted by atomic mass is 35.5. The molecule has 0 aliphatic carbocycles. The second kappa shape index (κ2) is 11.0. The molecule has 1 fully saturated rings. The smallest absolute Gasteiger partial charge is 0.335 e. The van der Waals surface area contributed by atoms with Crippen LogP contribution >= 0.6 is 11.6 Å². The monoisotopic (exact) mass is 519 g/mol. The van der Waals surface area contributed by atoms with E-state index < -0.39 is 23.8 Å². The van der Waals surface area contributed by atoms with Crippen molar-refractivity contribution in [2.45, 2.75) is 6.92 Å². The molecular formula is C27H22ClN3O6. The van der Waals surface area contributed by atoms with Crippen LogP contribution in [-0.2, 0) is 14.4 Å². The van der Waals surface area contributed by atoms with Crippen LogP contribution in [0.15, 0.2) is 72.3 Å². The van der Waals surface area contributed by atoms with Gasteiger partial charge in [0, 0.05) is 10.6 Å². The molecule has 1 saturated heterocycles. The highest BCUT2D eigenvalue weighted by Gasteiger charge is 2.37. The minimum absolute atomic E-state index is 0.217. The SMILES string of the molecule is COc1ccccc1NC(=O)COc1ccccc1/C=C1\C(=O)NC(=O)N(c2ccc(C)c(Cl)c2)C1=O. The number of benzene rings is 3. The van der Waals surface area contributed by atoms with Crippen molar-refractivity contribution in [3.05, 3.63) is 88.5 Å². The molecule has 1 heterocycles. The molecule has 3 aromatic carbocycles. The summed E-state index contributed by atoms with van der Waals surface area (Å²) in [5.41, 5.74) is 1.55. The van der Waals surface area contributed by atoms with Gasteiger partial charge in [-0.15, -0.1) is 0 Å². The lowest BCUT2D eigenvalue weighted by Crippen LogP contribution is -2.54. The van der Waals surface area contributed by atoms with Crippen molar-refractivity contribution in [3.8, 4) is 11.5 Å². The molecule has 0 aromatic heterocycles. The fraction of sp³-hybridized carbons (Fsp3) is 0.111. The van der Waals surface area contributed by atoms with Gasteiger partial charge in [-0.2, -0.15) is 0 Å². The Bertz CT molecular complexity index is 1440. The number of methoxy groups -OCH3 is 1. The molecule has 10 heteroatoms. The van der Waals surface area contributed by atoms with Gasteiger partial charge in [0.25, 0.3) is 17.7 Å². The number of nitrogens with zero attached hydrogens (tertiary/aromatic N) is 1. The first-order chi connectivity index (χ1) is 17.8. The number of barbiturate groups is 1. The van der Waals surface area contributed by atoms with Crippen molar-refractivity contribution < 1.29 is 28.7 Å². The zero-order valence-electron chi connectivity index (χ0n) is 19.9. The molecular weight excluding hydrogens is 498 g/mol. The standard InChI is InChI=1S/C27H22ClN3O6/c1-16-11-12-18(14-20(16)28)31-26(34)19(25(33)30-27(31)35)13-17-7-3-5-9-22(17)37-15-24(32)29-21-8-4-6-10-23(21)36-2/h3-14H,15H2,1-2H3,(H,29,32)(H,30,33,35)/b19-13+. The quantitative estimate of drug-likeness (QED) is 0.354. The number of rotatable bonds is 7. The topological polar surface area (TPSA) is 114 Å². The molecule has 4 rings (SSSR count). The van der Waals surface area contributed by atoms with Gasteiger partial charge in [-0.05, 0) is 48.9 Å². The Morgan fingerprint density at radius 1 is 1.03 bits per heavy atom. The number of amides is 5. The molecule has 37 heavy (non-hydrogen) atoms. The van der Waals surface area contributed by atoms with E-state index in [0.717, 1.165) is 10.5 Å². The lowest BCUT2D eigenvalue weighted by Gasteiger charge is -2.26. The maximum Gasteiger partial charge on any atom is 0.335 e. The van der Waals surface area contributed by atoms with Gasteiger partial charge in [0.1, 0.15) is 17.1 Å². The van der Waals surface area contributed by atoms with E-state index in [4.69, 9.17) is 21.1 Å². The minimum atomic E-state index is -0.885. The van der Waals surface area contributed by atoms with Crippen molar-refractivity contribution in [1.82, 2.24) is 5.32 Å². The Kier molecular flexibility index (Phi) is 7.55. The van der Waals surface area contributed by atoms with E-state index in [1.165, 1.54) is 19.3 Å². The predicted molar refractivity (Wildman–Crippen MR) is 139 cm³/mol. The van der Waals surface area contributed by atoms with Crippen LogP contribution < -0.4 is 25.0 Å². The number of ether oxygens (including phenoxy) is 2. The minimum Gasteiger partial charge on any atom is -0.495 e. The summed E-state index contributed by atoms with van der Waals surface area (Å²) >= 11 is 6.16. The second-order valence-corrected chi connectivity index (χ2v) is 8.37. The predicted octanol–water partition coefficient (Wildman–Crippen LogP) is 4.34. The summed E-state index contributed by atoms with van der Waals surface area (Å²) in [7, 11) is 1.50. The molecule has 0 bridgehead atoms. The van der Waals surface area contributed by atoms with E-state index in [-0.39, 0.29) is 23.6 Å². The van der Waals surface area contributed by atoms with Gasteiger partial charge in [0.15, 0.2) is 6.61 Å². The average Bonchev–Trinajstić information content (AvgIpc) is 2.88. The Hall–Kier alpha value is -4.63. The third kappa shape index (κ3) is 5.62. The molecule has 0 spiro atoms. The molecule has 0 saturated carbocycles. The number of hydrogen-bond acceptors (Lipinski definition) is 6. The molecule has 188 valence electrons. The lowest BCUT2D eigenvalue weighted by atomic mass is 10.1. The largest absolute Gasteiger partial charge is 0.495 e. The number of nitrogens with one attached hydrogen (secondary N) is 2. The van der Waals surface area contributed by atoms with Gasteiger partial charge in [0.2, 0.25) is 0 Å². The molecule has 0 atom stereocenters. The van der Waals surface area contributed by atoms with Crippen LogP contribution in [0.4, 0.5) is 16.2 Å². The molecule has 1 aliphatic heterocycles. The number of carbonyl (C=O) groups is 4. The fourth-order valence-electron chi connectivity index (χ4n) is 3.58. The first-order valence-corrected chi connectivity index (χ1v) is 11.5. The third-order valence-corrected chi connectivity index (χ3v) is 5.88. The summed E-state index contributed by atoms with van der Waals surface area (Å²) in [6.45, 7) is 1.44. The third-order valence-electron chi connectivity index (χ3n) is 5.47. The fourth-order valence-corrected chi connectivity index (χ4v) is 3.75. The van der Waals surface area contributed by atoms with Crippen LogP contribution in [0.2, 0.25) is 5.02 Å². The molecule has 0 unspecified atom stereocenters. The van der Waals surface area contributed by atoms with Gasteiger partial charge in [-0.1, -0.05) is 48.0 Å². The Balaban J connectivity index is 1.55. The summed E-state index contributed by atoms with van der Waals surface area (Å²) in [6.07, 6.45) is 1.31. The van der Waals surface area contributed by atoms with Crippen molar-refractivity contribution in [2.75, 3.05) is 23.9 Å². The Morgan fingerprint density at radius 2 is 1.73 bits per heavy atom. The zero-order valence-corrected chi connectivity index (χ0v) is 20.7. The van der Waals surface area contributed by atoms with E-state index in [1.807, 2.05) is 0 Å². The van der Waals surface area contributed by atoms with Gasteiger partial charge >= 0.3 is 6.03 Å². The van der Waals surface area contributed by atoms with Crippen molar-refractivity contribution >= 4 is 52.8 Å². The van der Waals surface area contributed by atoms with Crippen molar-refractivity contribution in [1.29, 1.82) is 0 Å². The van der Waals surface area contributed by atoms with Crippen LogP contribution in [0.3, 0.4) is 0 Å². The normalized spacial score (nSPS) is 14.4. The molecule has 3 aromatic rings. The molecule has 1 aliphatic rings. The molecule has 2 N–H and O–H groups in total. The van der Waals surface area contributed by atoms with Gasteiger partial charge in [-0.3, -0.25) is 19.7 Å². The van der Waals surface area contributed by atoms with Crippen LogP contribution in [-0.4, -0.2) is 37.5 Å². The molecule has 9 nitrogen and oxygen atoms in total. The summed E-state index contributed by atoms with van der Waals surface area (Å²) in [5.74, 6) is -1.36. The zero-order chi connectivity index (χ0) is 26.5. The summed E-state index contributed by atoms with van der Waals surface area (Å²) in [5, 5.41) is 5.24. The maximum atomic E-state index is 13.2. The number of halogens is 1. The maximum absolute atomic E-state index is 13.2. The van der Waals surface area contributed by atoms with E-state index in [1.54, 1.807) is 67.6 Å². The second-order valence-electron chi connectivity index (χ2n) is 7.97. The summed E-state index contributed by atoms with van der Waals surface area (Å²) < 4.78 is 10.9. The number of carbonyl (C=O) groups excluding carboxylic acids is 4. The Morgan fingerprint density at radius 3 is 2.46 bits per heavy atom. The van der Waals surface area contributed by atoms with E-state index in [0.29, 0.717) is 22.0 Å². The average molecular weight is 520 g/mol. The highest BCUT2D eigenvalue weighted by Crippen LogP contribution is 2.28. The number of urea groups is 1. The highest BCUT2D eigenvalue weighted by molar-refractivity contribution is 6.39. The lowest BCUT2D eigenvalue weighted by molar-refractivity contribution is -0.122. The Labute approximate surface area is 217 Å². The van der Waals surface area contributed by atoms with Crippen molar-refractivity contribution in [3.63, 3.8) is 0 Å². The van der Waals surface area contributed by atoms with Crippen LogP contribution in [0.1, 0.15) is 11.1 Å². The van der Waals surface area contributed by atoms with Gasteiger partial charge in [0.05, 0.1) is 18.5 Å². The number of hydrogen-bond donors (Lipinski definition) is 2. The number of anilines is 2. The number of aryl methyl sites for hydroxylation is 1. The van der Waals surface area contributed by atoms with Crippen molar-refractivity contribution in [2.24, 2.45) is 0 Å². The van der Waals surface area contributed by atoms with Gasteiger partial charge in [-0.25, -0.2) is 9.69 Å². The van der Waals surface area contributed by atoms with Gasteiger partial charge < -0.3 is 14.8 Å². The summed E-state index contributed by atoms with van der Waals surface area (Å²) in [6, 6.07) is 17.3. The number of para-hydroxylation sites is 3. The molecule has 0 radical (unpaired) electrons. The van der Waals surface area contributed by atoms with E-state index in [2.05, 4.69) is 10.6 Å². The number of imide groups is 2. The molecule has 5 amide bonds. The van der Waals surface area contributed by atoms with E-state index >= 15 is 0 Å². The van der Waals surface area contributed by atoms with Crippen LogP contribution in [0.5, 0.6) is 11.5 Å². The van der Waals surface area contributed by atoms with Crippen LogP contribution in [0.25, 0.3) is 6.08 Å². The summed E-state index contributed by atoms with van der Waals surface area (Å²) in [4.78, 5) is 51.5. The van der Waals surface area contributed by atoms with E-state index in [9.17, 15) is 19.2 Å². The first-order valence-electron chi connectivity index (χ1n) is 11.1.